The van der Waals surface area contributed by atoms with E-state index in [-0.39, 0.29) is 12.1 Å². The maximum absolute atomic E-state index is 12.6. The van der Waals surface area contributed by atoms with Crippen LogP contribution in [0.25, 0.3) is 16.6 Å². The Morgan fingerprint density at radius 2 is 1.82 bits per heavy atom. The number of aryl methyl sites for hydroxylation is 3. The Morgan fingerprint density at radius 1 is 1.09 bits per heavy atom. The van der Waals surface area contributed by atoms with Gasteiger partial charge in [0, 0.05) is 28.9 Å². The van der Waals surface area contributed by atoms with Crippen molar-refractivity contribution in [2.45, 2.75) is 40.5 Å². The second kappa shape index (κ2) is 9.09. The number of fused-ring (bicyclic) bond motifs is 3. The number of methoxy groups -OCH3 is 1. The second-order valence-electron chi connectivity index (χ2n) is 8.21. The van der Waals surface area contributed by atoms with E-state index in [9.17, 15) is 14.4 Å². The molecule has 1 aromatic carbocycles. The van der Waals surface area contributed by atoms with Crippen LogP contribution in [-0.4, -0.2) is 51.0 Å². The molecule has 9 heteroatoms. The van der Waals surface area contributed by atoms with Crippen LogP contribution in [0.2, 0.25) is 0 Å². The molecule has 1 N–H and O–H groups in total. The number of hydrogen-bond acceptors (Lipinski definition) is 7. The van der Waals surface area contributed by atoms with Crippen LogP contribution in [0, 0.1) is 27.7 Å². The second-order valence-corrected chi connectivity index (χ2v) is 8.21. The van der Waals surface area contributed by atoms with Crippen LogP contribution in [0.5, 0.6) is 0 Å². The molecule has 3 heterocycles. The predicted octanol–water partition coefficient (Wildman–Crippen LogP) is 3.59. The van der Waals surface area contributed by atoms with Crippen molar-refractivity contribution in [1.29, 1.82) is 0 Å². The summed E-state index contributed by atoms with van der Waals surface area (Å²) >= 11 is 0. The van der Waals surface area contributed by atoms with Gasteiger partial charge in [0.15, 0.2) is 12.3 Å². The van der Waals surface area contributed by atoms with Crippen molar-refractivity contribution in [3.05, 3.63) is 63.7 Å². The van der Waals surface area contributed by atoms with Crippen molar-refractivity contribution in [3.8, 4) is 0 Å². The summed E-state index contributed by atoms with van der Waals surface area (Å²) in [5, 5.41) is 5.60. The van der Waals surface area contributed by atoms with Crippen molar-refractivity contribution in [3.63, 3.8) is 0 Å². The van der Waals surface area contributed by atoms with Gasteiger partial charge in [-0.25, -0.2) is 14.3 Å². The number of benzene rings is 1. The zero-order valence-electron chi connectivity index (χ0n) is 19.8. The molecule has 3 aromatic heterocycles. The van der Waals surface area contributed by atoms with Gasteiger partial charge in [0.1, 0.15) is 0 Å². The highest BCUT2D eigenvalue weighted by molar-refractivity contribution is 6.02. The molecule has 0 fully saturated rings. The number of aromatic nitrogens is 4. The molecule has 9 nitrogen and oxygen atoms in total. The summed E-state index contributed by atoms with van der Waals surface area (Å²) in [6.45, 7) is 6.78. The van der Waals surface area contributed by atoms with E-state index in [0.29, 0.717) is 23.2 Å². The van der Waals surface area contributed by atoms with E-state index in [1.54, 1.807) is 18.4 Å². The molecule has 176 valence electrons. The largest absolute Gasteiger partial charge is 0.465 e. The molecular weight excluding hydrogens is 436 g/mol. The molecular formula is C25H26N4O5. The highest BCUT2D eigenvalue weighted by atomic mass is 16.5. The summed E-state index contributed by atoms with van der Waals surface area (Å²) in [5.41, 5.74) is 5.85. The van der Waals surface area contributed by atoms with E-state index in [1.165, 1.54) is 7.11 Å². The summed E-state index contributed by atoms with van der Waals surface area (Å²) in [4.78, 5) is 44.5. The molecule has 4 rings (SSSR count). The number of hydrogen-bond donors (Lipinski definition) is 1. The van der Waals surface area contributed by atoms with Crippen LogP contribution >= 0.6 is 0 Å². The Labute approximate surface area is 196 Å². The Hall–Kier alpha value is -4.01. The molecule has 0 aliphatic heterocycles. The van der Waals surface area contributed by atoms with Crippen molar-refractivity contribution >= 4 is 34.3 Å². The maximum Gasteiger partial charge on any atom is 0.339 e. The lowest BCUT2D eigenvalue weighted by Crippen LogP contribution is -2.16. The van der Waals surface area contributed by atoms with E-state index in [1.807, 2.05) is 38.1 Å². The first kappa shape index (κ1) is 23.2. The Kier molecular flexibility index (Phi) is 6.19. The van der Waals surface area contributed by atoms with Crippen LogP contribution < -0.4 is 0 Å². The number of carbonyl (C=O) groups is 3. The van der Waals surface area contributed by atoms with Gasteiger partial charge < -0.3 is 14.5 Å². The first-order valence-electron chi connectivity index (χ1n) is 10.9. The zero-order chi connectivity index (χ0) is 24.6. The lowest BCUT2D eigenvalue weighted by atomic mass is 10.1. The lowest BCUT2D eigenvalue weighted by molar-refractivity contribution is -0.142. The third-order valence-corrected chi connectivity index (χ3v) is 6.07. The normalized spacial score (nSPS) is 11.2. The number of nitrogens with zero attached hydrogens (tertiary/aromatic N) is 3. The number of H-pyrrole nitrogens is 1. The minimum Gasteiger partial charge on any atom is -0.465 e. The van der Waals surface area contributed by atoms with Gasteiger partial charge in [0.2, 0.25) is 5.78 Å². The first-order valence-corrected chi connectivity index (χ1v) is 10.9. The fraction of sp³-hybridized carbons (Fsp3) is 0.320. The van der Waals surface area contributed by atoms with Crippen LogP contribution in [0.3, 0.4) is 0 Å². The Bertz CT molecular complexity index is 1450. The summed E-state index contributed by atoms with van der Waals surface area (Å²) in [6.07, 6.45) is 0.510. The van der Waals surface area contributed by atoms with Gasteiger partial charge in [-0.15, -0.1) is 0 Å². The quantitative estimate of drug-likeness (QED) is 0.330. The lowest BCUT2D eigenvalue weighted by Gasteiger charge is -2.11. The number of nitrogens with one attached hydrogen (secondary N) is 1. The molecule has 0 saturated heterocycles. The average molecular weight is 463 g/mol. The molecule has 0 spiro atoms. The average Bonchev–Trinajstić information content (AvgIpc) is 3.33. The molecule has 0 aliphatic rings. The summed E-state index contributed by atoms with van der Waals surface area (Å²) in [5.74, 6) is -1.43. The van der Waals surface area contributed by atoms with Gasteiger partial charge in [0.05, 0.1) is 23.9 Å². The van der Waals surface area contributed by atoms with Gasteiger partial charge >= 0.3 is 11.9 Å². The number of rotatable bonds is 7. The van der Waals surface area contributed by atoms with Crippen LogP contribution in [0.1, 0.15) is 55.5 Å². The van der Waals surface area contributed by atoms with E-state index >= 15 is 0 Å². The molecule has 0 bridgehead atoms. The Morgan fingerprint density at radius 3 is 2.56 bits per heavy atom. The number of esters is 2. The standard InChI is InChI=1S/C25H26N4O5/c1-13-22(25(32)33-5)15(3)26-23(13)20(30)12-34-21(31)11-10-17-14(2)27-24-18-8-6-7-9-19(18)28-29(24)16(17)4/h6-9,26H,10-12H2,1-5H3. The zero-order valence-corrected chi connectivity index (χ0v) is 19.8. The number of ether oxygens (including phenoxy) is 2. The number of Topliss-reactive ketones (excluding diaryl/α,β-unsaturated/α-hetero) is 1. The van der Waals surface area contributed by atoms with Crippen molar-refractivity contribution in [2.75, 3.05) is 13.7 Å². The van der Waals surface area contributed by atoms with Crippen LogP contribution in [-0.2, 0) is 20.7 Å². The van der Waals surface area contributed by atoms with Crippen LogP contribution in [0.15, 0.2) is 24.3 Å². The van der Waals surface area contributed by atoms with E-state index in [0.717, 1.165) is 33.5 Å². The van der Waals surface area contributed by atoms with Gasteiger partial charge in [0.25, 0.3) is 0 Å². The molecule has 0 amide bonds. The third-order valence-electron chi connectivity index (χ3n) is 6.07. The van der Waals surface area contributed by atoms with Crippen molar-refractivity contribution in [1.82, 2.24) is 19.6 Å². The minimum absolute atomic E-state index is 0.0963. The summed E-state index contributed by atoms with van der Waals surface area (Å²) < 4.78 is 11.8. The molecule has 0 radical (unpaired) electrons. The molecule has 0 aliphatic carbocycles. The predicted molar refractivity (Wildman–Crippen MR) is 125 cm³/mol. The molecule has 4 aromatic rings. The summed E-state index contributed by atoms with van der Waals surface area (Å²) in [7, 11) is 1.28. The highest BCUT2D eigenvalue weighted by Crippen LogP contribution is 2.23. The van der Waals surface area contributed by atoms with Crippen LogP contribution in [0.4, 0.5) is 0 Å². The topological polar surface area (TPSA) is 116 Å². The molecule has 0 atom stereocenters. The van der Waals surface area contributed by atoms with Gasteiger partial charge in [-0.1, -0.05) is 12.1 Å². The first-order chi connectivity index (χ1) is 16.2. The number of carbonyl (C=O) groups excluding carboxylic acids is 3. The van der Waals surface area contributed by atoms with E-state index in [2.05, 4.69) is 10.1 Å². The fourth-order valence-corrected chi connectivity index (χ4v) is 4.29. The minimum atomic E-state index is -0.524. The van der Waals surface area contributed by atoms with Crippen molar-refractivity contribution < 1.29 is 23.9 Å². The smallest absolute Gasteiger partial charge is 0.339 e. The van der Waals surface area contributed by atoms with Gasteiger partial charge in [-0.05, 0) is 57.4 Å². The van der Waals surface area contributed by atoms with Crippen molar-refractivity contribution in [2.24, 2.45) is 0 Å². The fourth-order valence-electron chi connectivity index (χ4n) is 4.29. The molecule has 0 saturated carbocycles. The van der Waals surface area contributed by atoms with Gasteiger partial charge in [-0.2, -0.15) is 5.10 Å². The number of aromatic amines is 1. The third kappa shape index (κ3) is 4.05. The Balaban J connectivity index is 1.43. The van der Waals surface area contributed by atoms with E-state index in [4.69, 9.17) is 14.5 Å². The SMILES string of the molecule is COC(=O)c1c(C)[nH]c(C(=O)COC(=O)CCc2c(C)nc3c4ccccc4nn3c2C)c1C. The highest BCUT2D eigenvalue weighted by Gasteiger charge is 2.23. The summed E-state index contributed by atoms with van der Waals surface area (Å²) in [6, 6.07) is 7.81. The van der Waals surface area contributed by atoms with Gasteiger partial charge in [-0.3, -0.25) is 9.59 Å². The maximum atomic E-state index is 12.6. The molecule has 0 unspecified atom stereocenters. The van der Waals surface area contributed by atoms with E-state index < -0.39 is 24.3 Å². The molecule has 34 heavy (non-hydrogen) atoms. The monoisotopic (exact) mass is 462 g/mol. The number of ketones is 1.